The number of halogens is 4. The van der Waals surface area contributed by atoms with E-state index < -0.39 is 30.1 Å². The highest BCUT2D eigenvalue weighted by Gasteiger charge is 2.43. The zero-order chi connectivity index (χ0) is 32.7. The summed E-state index contributed by atoms with van der Waals surface area (Å²) in [7, 11) is 5.70. The average molecular weight is 649 g/mol. The molecule has 0 aromatic heterocycles. The van der Waals surface area contributed by atoms with Crippen LogP contribution in [0.2, 0.25) is 5.02 Å². The quantitative estimate of drug-likeness (QED) is 0.265. The van der Waals surface area contributed by atoms with Crippen molar-refractivity contribution in [3.63, 3.8) is 0 Å². The largest absolute Gasteiger partial charge is 0.492 e. The zero-order valence-corrected chi connectivity index (χ0v) is 26.7. The molecule has 244 valence electrons. The lowest BCUT2D eigenvalue weighted by Crippen LogP contribution is -2.46. The number of nitriles is 1. The Morgan fingerprint density at radius 1 is 1.22 bits per heavy atom. The number of rotatable bonds is 12. The van der Waals surface area contributed by atoms with E-state index >= 15 is 0 Å². The molecule has 13 heteroatoms. The maximum absolute atomic E-state index is 13.3. The molecule has 1 fully saturated rings. The van der Waals surface area contributed by atoms with Crippen LogP contribution in [0, 0.1) is 23.2 Å². The number of nitrogens with one attached hydrogen (secondary N) is 2. The van der Waals surface area contributed by atoms with Crippen LogP contribution in [0.15, 0.2) is 35.3 Å². The summed E-state index contributed by atoms with van der Waals surface area (Å²) in [5, 5.41) is 16.6. The minimum Gasteiger partial charge on any atom is -0.492 e. The summed E-state index contributed by atoms with van der Waals surface area (Å²) < 4.78 is 51.6. The van der Waals surface area contributed by atoms with Gasteiger partial charge in [-0.05, 0) is 84.7 Å². The zero-order valence-electron chi connectivity index (χ0n) is 26.0. The van der Waals surface area contributed by atoms with Crippen molar-refractivity contribution in [2.75, 3.05) is 58.1 Å². The fourth-order valence-electron chi connectivity index (χ4n) is 5.54. The third-order valence-corrected chi connectivity index (χ3v) is 8.38. The van der Waals surface area contributed by atoms with Crippen LogP contribution in [0.1, 0.15) is 44.2 Å². The topological polar surface area (TPSA) is 102 Å². The van der Waals surface area contributed by atoms with Gasteiger partial charge in [0, 0.05) is 36.0 Å². The predicted molar refractivity (Wildman–Crippen MR) is 170 cm³/mol. The molecule has 2 aromatic carbocycles. The van der Waals surface area contributed by atoms with Gasteiger partial charge in [0.25, 0.3) is 0 Å². The third-order valence-electron chi connectivity index (χ3n) is 8.09. The molecule has 2 aliphatic heterocycles. The molecule has 4 rings (SSSR count). The minimum absolute atomic E-state index is 0.0288. The van der Waals surface area contributed by atoms with Crippen LogP contribution in [-0.2, 0) is 4.79 Å². The number of hydrogen-bond donors (Lipinski definition) is 2. The van der Waals surface area contributed by atoms with E-state index in [1.54, 1.807) is 43.6 Å². The number of anilines is 2. The Labute approximate surface area is 267 Å². The van der Waals surface area contributed by atoms with E-state index in [1.165, 1.54) is 0 Å². The van der Waals surface area contributed by atoms with Gasteiger partial charge in [-0.15, -0.1) is 0 Å². The van der Waals surface area contributed by atoms with Gasteiger partial charge in [0.2, 0.25) is 5.91 Å². The molecule has 2 aliphatic rings. The summed E-state index contributed by atoms with van der Waals surface area (Å²) in [6, 6.07) is 9.95. The number of carbonyl (C=O) groups is 1. The number of carbonyl (C=O) groups excluding carboxylic acids is 1. The SMILES string of the molecule is CCOc1cc2c(cc1NC(=O)CCCN(C)C)C(Nc1ccc(OCC3CC(C(F)(F)F)CCN3C)c(Cl)c1)C(C#N)C=N2. The minimum atomic E-state index is -4.23. The number of likely N-dealkylation sites (tertiary alicyclic amines) is 1. The van der Waals surface area contributed by atoms with Gasteiger partial charge >= 0.3 is 6.18 Å². The second-order valence-electron chi connectivity index (χ2n) is 11.7. The summed E-state index contributed by atoms with van der Waals surface area (Å²) >= 11 is 6.56. The Balaban J connectivity index is 1.50. The molecule has 4 atom stereocenters. The van der Waals surface area contributed by atoms with Gasteiger partial charge in [-0.3, -0.25) is 14.7 Å². The van der Waals surface area contributed by atoms with Crippen LogP contribution in [0.3, 0.4) is 0 Å². The summed E-state index contributed by atoms with van der Waals surface area (Å²) in [5.41, 5.74) is 2.40. The number of benzene rings is 2. The summed E-state index contributed by atoms with van der Waals surface area (Å²) in [6.07, 6.45) is -1.56. The lowest BCUT2D eigenvalue weighted by molar-refractivity contribution is -0.189. The standard InChI is InChI=1S/C32H40ClF3N6O3/c1-5-44-29-16-26-24(15-27(29)40-30(43)7-6-11-41(2)3)31(20(17-37)18-38-26)39-22-8-9-28(25(33)14-22)45-19-23-13-21(32(34,35)36)10-12-42(23)4/h8-9,14-16,18,20-21,23,31,39H,5-7,10-13,19H2,1-4H3,(H,40,43). The summed E-state index contributed by atoms with van der Waals surface area (Å²) in [5.74, 6) is -1.28. The first-order valence-corrected chi connectivity index (χ1v) is 15.4. The summed E-state index contributed by atoms with van der Waals surface area (Å²) in [4.78, 5) is 21.1. The number of hydrogen-bond acceptors (Lipinski definition) is 8. The fraction of sp³-hybridized carbons (Fsp3) is 0.531. The number of fused-ring (bicyclic) bond motifs is 1. The van der Waals surface area contributed by atoms with Crippen molar-refractivity contribution in [3.05, 3.63) is 40.9 Å². The molecule has 0 aliphatic carbocycles. The van der Waals surface area contributed by atoms with E-state index in [-0.39, 0.29) is 30.4 Å². The van der Waals surface area contributed by atoms with Gasteiger partial charge < -0.3 is 25.0 Å². The Kier molecular flexibility index (Phi) is 11.6. The Hall–Kier alpha value is -3.53. The van der Waals surface area contributed by atoms with Crippen molar-refractivity contribution in [2.45, 2.75) is 50.9 Å². The van der Waals surface area contributed by atoms with E-state index in [4.69, 9.17) is 21.1 Å². The van der Waals surface area contributed by atoms with E-state index in [0.717, 1.165) is 6.54 Å². The molecule has 1 amide bonds. The van der Waals surface area contributed by atoms with Gasteiger partial charge in [0.05, 0.1) is 41.0 Å². The normalized spacial score (nSPS) is 21.6. The van der Waals surface area contributed by atoms with Gasteiger partial charge in [0.15, 0.2) is 0 Å². The summed E-state index contributed by atoms with van der Waals surface area (Å²) in [6.45, 7) is 3.44. The van der Waals surface area contributed by atoms with E-state index in [9.17, 15) is 23.2 Å². The number of nitrogens with zero attached hydrogens (tertiary/aromatic N) is 4. The van der Waals surface area contributed by atoms with Gasteiger partial charge in [-0.2, -0.15) is 18.4 Å². The average Bonchev–Trinajstić information content (AvgIpc) is 2.97. The first-order chi connectivity index (χ1) is 21.4. The van der Waals surface area contributed by atoms with Crippen molar-refractivity contribution in [1.82, 2.24) is 9.80 Å². The number of likely N-dealkylation sites (N-methyl/N-ethyl adjacent to an activating group) is 1. The van der Waals surface area contributed by atoms with Crippen LogP contribution in [0.25, 0.3) is 0 Å². The lowest BCUT2D eigenvalue weighted by atomic mass is 9.90. The first-order valence-electron chi connectivity index (χ1n) is 15.0. The van der Waals surface area contributed by atoms with E-state index in [1.807, 2.05) is 30.8 Å². The van der Waals surface area contributed by atoms with Gasteiger partial charge in [-0.1, -0.05) is 11.6 Å². The van der Waals surface area contributed by atoms with Crippen molar-refractivity contribution >= 4 is 40.8 Å². The number of alkyl halides is 3. The maximum atomic E-state index is 13.3. The molecule has 2 N–H and O–H groups in total. The molecule has 1 saturated heterocycles. The van der Waals surface area contributed by atoms with Crippen LogP contribution >= 0.6 is 11.6 Å². The van der Waals surface area contributed by atoms with Gasteiger partial charge in [0.1, 0.15) is 24.0 Å². The molecule has 45 heavy (non-hydrogen) atoms. The molecule has 0 spiro atoms. The van der Waals surface area contributed by atoms with E-state index in [0.29, 0.717) is 60.1 Å². The first kappa shape index (κ1) is 34.3. The molecule has 0 radical (unpaired) electrons. The molecule has 9 nitrogen and oxygen atoms in total. The molecular formula is C32H40ClF3N6O3. The molecular weight excluding hydrogens is 609 g/mol. The lowest BCUT2D eigenvalue weighted by Gasteiger charge is -2.37. The monoisotopic (exact) mass is 648 g/mol. The molecule has 4 unspecified atom stereocenters. The predicted octanol–water partition coefficient (Wildman–Crippen LogP) is 6.68. The number of ether oxygens (including phenoxy) is 2. The Morgan fingerprint density at radius 2 is 2.00 bits per heavy atom. The second kappa shape index (κ2) is 15.2. The molecule has 0 bridgehead atoms. The number of piperidine rings is 1. The van der Waals surface area contributed by atoms with Crippen molar-refractivity contribution in [2.24, 2.45) is 16.8 Å². The van der Waals surface area contributed by atoms with Crippen LogP contribution in [0.5, 0.6) is 11.5 Å². The highest BCUT2D eigenvalue weighted by atomic mass is 35.5. The van der Waals surface area contributed by atoms with Crippen molar-refractivity contribution in [3.8, 4) is 17.6 Å². The Morgan fingerprint density at radius 3 is 2.67 bits per heavy atom. The van der Waals surface area contributed by atoms with Crippen molar-refractivity contribution < 1.29 is 27.4 Å². The maximum Gasteiger partial charge on any atom is 0.391 e. The van der Waals surface area contributed by atoms with Crippen molar-refractivity contribution in [1.29, 1.82) is 5.26 Å². The highest BCUT2D eigenvalue weighted by Crippen LogP contribution is 2.43. The third kappa shape index (κ3) is 9.02. The van der Waals surface area contributed by atoms with Gasteiger partial charge in [-0.25, -0.2) is 0 Å². The molecule has 2 heterocycles. The number of amides is 1. The van der Waals surface area contributed by atoms with Crippen LogP contribution < -0.4 is 20.1 Å². The second-order valence-corrected chi connectivity index (χ2v) is 12.1. The van der Waals surface area contributed by atoms with E-state index in [2.05, 4.69) is 21.7 Å². The Bertz CT molecular complexity index is 1410. The smallest absolute Gasteiger partial charge is 0.391 e. The molecule has 0 saturated carbocycles. The highest BCUT2D eigenvalue weighted by molar-refractivity contribution is 6.32. The molecule has 2 aromatic rings. The fourth-order valence-corrected chi connectivity index (χ4v) is 5.77. The van der Waals surface area contributed by atoms with Crippen LogP contribution in [-0.4, -0.2) is 81.6 Å². The number of aliphatic imine (C=N–C) groups is 1. The van der Waals surface area contributed by atoms with Crippen LogP contribution in [0.4, 0.5) is 30.2 Å².